The van der Waals surface area contributed by atoms with E-state index in [9.17, 15) is 8.42 Å². The van der Waals surface area contributed by atoms with Gasteiger partial charge >= 0.3 is 10.2 Å². The van der Waals surface area contributed by atoms with Crippen LogP contribution >= 0.6 is 23.1 Å². The van der Waals surface area contributed by atoms with Gasteiger partial charge in [-0.05, 0) is 24.6 Å². The fourth-order valence-electron chi connectivity index (χ4n) is 1.46. The summed E-state index contributed by atoms with van der Waals surface area (Å²) in [6.07, 6.45) is 1.11. The van der Waals surface area contributed by atoms with Gasteiger partial charge in [-0.25, -0.2) is 4.98 Å². The van der Waals surface area contributed by atoms with Gasteiger partial charge in [0.1, 0.15) is 0 Å². The topological polar surface area (TPSA) is 62.3 Å². The fourth-order valence-corrected chi connectivity index (χ4v) is 4.10. The van der Waals surface area contributed by atoms with Crippen LogP contribution in [0.5, 0.6) is 0 Å². The Hall–Kier alpha value is -0.830. The molecule has 1 heterocycles. The quantitative estimate of drug-likeness (QED) is 0.827. The third kappa shape index (κ3) is 3.63. The molecule has 110 valence electrons. The zero-order chi connectivity index (χ0) is 14.8. The van der Waals surface area contributed by atoms with E-state index in [0.717, 1.165) is 31.0 Å². The van der Waals surface area contributed by atoms with E-state index < -0.39 is 10.2 Å². The van der Waals surface area contributed by atoms with Crippen LogP contribution in [0.3, 0.4) is 0 Å². The van der Waals surface area contributed by atoms with E-state index in [1.165, 1.54) is 14.1 Å². The minimum atomic E-state index is -3.46. The number of nitrogens with one attached hydrogen (secondary N) is 1. The number of aromatic nitrogens is 1. The average Bonchev–Trinajstić information content (AvgIpc) is 2.77. The maximum atomic E-state index is 11.8. The van der Waals surface area contributed by atoms with Gasteiger partial charge in [0.15, 0.2) is 4.34 Å². The molecule has 0 amide bonds. The number of thiazole rings is 1. The lowest BCUT2D eigenvalue weighted by Crippen LogP contribution is -2.28. The van der Waals surface area contributed by atoms with Crippen molar-refractivity contribution in [1.29, 1.82) is 0 Å². The molecule has 5 nitrogen and oxygen atoms in total. The maximum Gasteiger partial charge on any atom is 0.301 e. The van der Waals surface area contributed by atoms with E-state index in [4.69, 9.17) is 0 Å². The lowest BCUT2D eigenvalue weighted by atomic mass is 10.3. The number of rotatable bonds is 6. The van der Waals surface area contributed by atoms with Gasteiger partial charge in [-0.15, -0.1) is 11.3 Å². The first-order valence-electron chi connectivity index (χ1n) is 6.16. The molecule has 0 aliphatic carbocycles. The molecule has 0 atom stereocenters. The molecule has 0 saturated carbocycles. The number of fused-ring (bicyclic) bond motifs is 1. The first kappa shape index (κ1) is 15.6. The van der Waals surface area contributed by atoms with E-state index in [0.29, 0.717) is 5.69 Å². The predicted octanol–water partition coefficient (Wildman–Crippen LogP) is 3.02. The van der Waals surface area contributed by atoms with E-state index in [1.54, 1.807) is 29.2 Å². The third-order valence-electron chi connectivity index (χ3n) is 2.53. The van der Waals surface area contributed by atoms with Crippen LogP contribution in [0.2, 0.25) is 0 Å². The lowest BCUT2D eigenvalue weighted by molar-refractivity contribution is 0.527. The molecule has 0 spiro atoms. The molecule has 2 rings (SSSR count). The summed E-state index contributed by atoms with van der Waals surface area (Å²) in [7, 11) is -0.479. The lowest BCUT2D eigenvalue weighted by Gasteiger charge is -2.13. The van der Waals surface area contributed by atoms with Gasteiger partial charge < -0.3 is 0 Å². The van der Waals surface area contributed by atoms with Crippen molar-refractivity contribution in [2.75, 3.05) is 24.6 Å². The van der Waals surface area contributed by atoms with Crippen LogP contribution in [0.1, 0.15) is 13.3 Å². The van der Waals surface area contributed by atoms with Crippen molar-refractivity contribution in [3.63, 3.8) is 0 Å². The summed E-state index contributed by atoms with van der Waals surface area (Å²) in [5, 5.41) is 0. The van der Waals surface area contributed by atoms with Gasteiger partial charge in [-0.1, -0.05) is 18.7 Å². The Morgan fingerprint density at radius 2 is 2.15 bits per heavy atom. The molecule has 0 bridgehead atoms. The molecule has 0 radical (unpaired) electrons. The summed E-state index contributed by atoms with van der Waals surface area (Å²) >= 11 is 3.32. The van der Waals surface area contributed by atoms with Crippen LogP contribution in [0.25, 0.3) is 10.2 Å². The monoisotopic (exact) mass is 331 g/mol. The van der Waals surface area contributed by atoms with Crippen molar-refractivity contribution >= 4 is 49.2 Å². The predicted molar refractivity (Wildman–Crippen MR) is 86.9 cm³/mol. The molecule has 0 saturated heterocycles. The SMILES string of the molecule is CCCSc1nc2ccc(NS(=O)(=O)N(C)C)cc2s1. The second-order valence-corrected chi connectivity index (χ2v) is 8.66. The van der Waals surface area contributed by atoms with Crippen molar-refractivity contribution in [3.05, 3.63) is 18.2 Å². The fraction of sp³-hybridized carbons (Fsp3) is 0.417. The Morgan fingerprint density at radius 1 is 1.40 bits per heavy atom. The summed E-state index contributed by atoms with van der Waals surface area (Å²) in [5.41, 5.74) is 1.46. The van der Waals surface area contributed by atoms with Crippen molar-refractivity contribution in [2.45, 2.75) is 17.7 Å². The highest BCUT2D eigenvalue weighted by Gasteiger charge is 2.13. The third-order valence-corrected chi connectivity index (χ3v) is 6.35. The average molecular weight is 331 g/mol. The largest absolute Gasteiger partial charge is 0.301 e. The molecule has 1 aromatic heterocycles. The van der Waals surface area contributed by atoms with Crippen molar-refractivity contribution in [1.82, 2.24) is 9.29 Å². The zero-order valence-electron chi connectivity index (χ0n) is 11.6. The minimum Gasteiger partial charge on any atom is -0.271 e. The Morgan fingerprint density at radius 3 is 2.80 bits per heavy atom. The maximum absolute atomic E-state index is 11.8. The summed E-state index contributed by atoms with van der Waals surface area (Å²) in [6, 6.07) is 5.40. The Balaban J connectivity index is 2.25. The Kier molecular flexibility index (Phi) is 4.90. The smallest absolute Gasteiger partial charge is 0.271 e. The number of nitrogens with zero attached hydrogens (tertiary/aromatic N) is 2. The van der Waals surface area contributed by atoms with Crippen LogP contribution in [0.4, 0.5) is 5.69 Å². The highest BCUT2D eigenvalue weighted by Crippen LogP contribution is 2.31. The summed E-state index contributed by atoms with van der Waals surface area (Å²) in [4.78, 5) is 4.52. The molecule has 0 fully saturated rings. The standard InChI is InChI=1S/C12H17N3O2S3/c1-4-7-18-12-13-10-6-5-9(8-11(10)19-12)14-20(16,17)15(2)3/h5-6,8,14H,4,7H2,1-3H3. The summed E-state index contributed by atoms with van der Waals surface area (Å²) in [6.45, 7) is 2.13. The van der Waals surface area contributed by atoms with Gasteiger partial charge in [0.2, 0.25) is 0 Å². The number of anilines is 1. The normalized spacial score (nSPS) is 12.2. The molecule has 2 aromatic rings. The van der Waals surface area contributed by atoms with Gasteiger partial charge in [-0.3, -0.25) is 4.72 Å². The molecule has 20 heavy (non-hydrogen) atoms. The van der Waals surface area contributed by atoms with Crippen molar-refractivity contribution < 1.29 is 8.42 Å². The van der Waals surface area contributed by atoms with Crippen LogP contribution in [0, 0.1) is 0 Å². The summed E-state index contributed by atoms with van der Waals surface area (Å²) in [5.74, 6) is 1.04. The Labute approximate surface area is 127 Å². The van der Waals surface area contributed by atoms with Gasteiger partial charge in [0.05, 0.1) is 15.9 Å². The van der Waals surface area contributed by atoms with Crippen molar-refractivity contribution in [2.24, 2.45) is 0 Å². The molecule has 1 N–H and O–H groups in total. The molecule has 8 heteroatoms. The van der Waals surface area contributed by atoms with Gasteiger partial charge in [0, 0.05) is 19.8 Å². The van der Waals surface area contributed by atoms with Crippen LogP contribution < -0.4 is 4.72 Å². The van der Waals surface area contributed by atoms with E-state index in [-0.39, 0.29) is 0 Å². The zero-order valence-corrected chi connectivity index (χ0v) is 14.0. The molecular formula is C12H17N3O2S3. The van der Waals surface area contributed by atoms with E-state index >= 15 is 0 Å². The van der Waals surface area contributed by atoms with Crippen LogP contribution in [-0.4, -0.2) is 37.6 Å². The first-order valence-corrected chi connectivity index (χ1v) is 9.40. The highest BCUT2D eigenvalue weighted by atomic mass is 32.2. The van der Waals surface area contributed by atoms with Crippen LogP contribution in [-0.2, 0) is 10.2 Å². The summed E-state index contributed by atoms with van der Waals surface area (Å²) < 4.78 is 29.3. The van der Waals surface area contributed by atoms with Crippen LogP contribution in [0.15, 0.2) is 22.5 Å². The molecule has 0 aliphatic rings. The number of thioether (sulfide) groups is 1. The van der Waals surface area contributed by atoms with Crippen molar-refractivity contribution in [3.8, 4) is 0 Å². The first-order chi connectivity index (χ1) is 9.42. The van der Waals surface area contributed by atoms with Gasteiger partial charge in [0.25, 0.3) is 0 Å². The minimum absolute atomic E-state index is 0.557. The molecule has 0 unspecified atom stereocenters. The van der Waals surface area contributed by atoms with E-state index in [2.05, 4.69) is 16.6 Å². The Bertz CT molecular complexity index is 695. The number of hydrogen-bond acceptors (Lipinski definition) is 5. The number of hydrogen-bond donors (Lipinski definition) is 1. The molecule has 1 aromatic carbocycles. The van der Waals surface area contributed by atoms with Gasteiger partial charge in [-0.2, -0.15) is 12.7 Å². The second kappa shape index (κ2) is 6.30. The molecule has 0 aliphatic heterocycles. The number of benzene rings is 1. The second-order valence-electron chi connectivity index (χ2n) is 4.40. The molecular weight excluding hydrogens is 314 g/mol. The van der Waals surface area contributed by atoms with E-state index in [1.807, 2.05) is 12.1 Å². The highest BCUT2D eigenvalue weighted by molar-refractivity contribution is 8.01.